The first kappa shape index (κ1) is 30.4. The molecule has 0 saturated heterocycles. The third-order valence-electron chi connectivity index (χ3n) is 5.27. The smallest absolute Gasteiger partial charge is 0.325 e. The lowest BCUT2D eigenvalue weighted by Gasteiger charge is -2.19. The van der Waals surface area contributed by atoms with Gasteiger partial charge in [0.15, 0.2) is 11.5 Å². The van der Waals surface area contributed by atoms with Crippen LogP contribution < -0.4 is 19.5 Å². The molecule has 2 aromatic carbocycles. The highest BCUT2D eigenvalue weighted by molar-refractivity contribution is 5.78. The van der Waals surface area contributed by atoms with Crippen LogP contribution in [0.1, 0.15) is 51.7 Å². The number of terminal acetylenes is 1. The van der Waals surface area contributed by atoms with Crippen molar-refractivity contribution in [2.45, 2.75) is 53.4 Å². The van der Waals surface area contributed by atoms with E-state index in [2.05, 4.69) is 24.2 Å². The van der Waals surface area contributed by atoms with Gasteiger partial charge in [0.2, 0.25) is 0 Å². The molecule has 0 aromatic heterocycles. The average Bonchev–Trinajstić information content (AvgIpc) is 2.88. The second-order valence-electron chi connectivity index (χ2n) is 9.01. The highest BCUT2D eigenvalue weighted by Gasteiger charge is 2.24. The Labute approximate surface area is 215 Å². The molecule has 0 aliphatic heterocycles. The van der Waals surface area contributed by atoms with Gasteiger partial charge in [-0.2, -0.15) is 0 Å². The van der Waals surface area contributed by atoms with E-state index in [0.29, 0.717) is 23.9 Å². The molecule has 0 unspecified atom stereocenters. The first-order valence-electron chi connectivity index (χ1n) is 12.0. The number of benzene rings is 2. The summed E-state index contributed by atoms with van der Waals surface area (Å²) in [5, 5.41) is 2.95. The van der Waals surface area contributed by atoms with Gasteiger partial charge in [0, 0.05) is 11.8 Å². The lowest BCUT2D eigenvalue weighted by atomic mass is 9.91. The first-order chi connectivity index (χ1) is 17.2. The third kappa shape index (κ3) is 9.91. The number of hydrogen-bond acceptors (Lipinski definition) is 7. The van der Waals surface area contributed by atoms with E-state index >= 15 is 0 Å². The Morgan fingerprint density at radius 2 is 1.56 bits per heavy atom. The number of fused-ring (bicyclic) bond motifs is 1. The molecule has 0 heterocycles. The predicted molar refractivity (Wildman–Crippen MR) is 143 cm³/mol. The summed E-state index contributed by atoms with van der Waals surface area (Å²) >= 11 is 0. The number of anilines is 1. The van der Waals surface area contributed by atoms with Crippen LogP contribution in [0.25, 0.3) is 0 Å². The molecule has 1 aliphatic rings. The summed E-state index contributed by atoms with van der Waals surface area (Å²) in [6.07, 6.45) is 12.8. The Morgan fingerprint density at radius 1 is 0.917 bits per heavy atom. The Hall–Kier alpha value is -3.66. The van der Waals surface area contributed by atoms with Gasteiger partial charge < -0.3 is 24.3 Å². The van der Waals surface area contributed by atoms with Crippen molar-refractivity contribution in [2.24, 2.45) is 5.41 Å². The van der Waals surface area contributed by atoms with Gasteiger partial charge >= 0.3 is 11.9 Å². The topological polar surface area (TPSA) is 83.1 Å². The van der Waals surface area contributed by atoms with E-state index in [0.717, 1.165) is 18.5 Å². The lowest BCUT2D eigenvalue weighted by molar-refractivity contribution is -0.143. The van der Waals surface area contributed by atoms with E-state index in [-0.39, 0.29) is 18.5 Å². The molecule has 0 spiro atoms. The number of methoxy groups -OCH3 is 2. The van der Waals surface area contributed by atoms with E-state index in [4.69, 9.17) is 18.9 Å². The SMILES string of the molecule is C#C.CC(C)(C)C(=O)Oc1ccc2c(c1)CCCC2.CCOC(=O)CNc1ccc(OC)c(OC)c1. The van der Waals surface area contributed by atoms with Crippen molar-refractivity contribution in [3.8, 4) is 30.1 Å². The van der Waals surface area contributed by atoms with Crippen molar-refractivity contribution < 1.29 is 28.5 Å². The molecule has 36 heavy (non-hydrogen) atoms. The second kappa shape index (κ2) is 15.4. The molecule has 0 bridgehead atoms. The minimum Gasteiger partial charge on any atom is -0.493 e. The fourth-order valence-corrected chi connectivity index (χ4v) is 3.37. The van der Waals surface area contributed by atoms with Gasteiger partial charge in [-0.15, -0.1) is 12.8 Å². The number of esters is 2. The number of carbonyl (C=O) groups excluding carboxylic acids is 2. The quantitative estimate of drug-likeness (QED) is 0.310. The highest BCUT2D eigenvalue weighted by Crippen LogP contribution is 2.29. The monoisotopic (exact) mass is 497 g/mol. The number of nitrogens with one attached hydrogen (secondary N) is 1. The van der Waals surface area contributed by atoms with Crippen molar-refractivity contribution in [3.05, 3.63) is 47.5 Å². The summed E-state index contributed by atoms with van der Waals surface area (Å²) in [6.45, 7) is 7.89. The van der Waals surface area contributed by atoms with Crippen LogP contribution in [0.15, 0.2) is 36.4 Å². The van der Waals surface area contributed by atoms with Gasteiger partial charge in [-0.05, 0) is 88.8 Å². The molecular formula is C29H39NO6. The molecule has 3 rings (SSSR count). The Morgan fingerprint density at radius 3 is 2.14 bits per heavy atom. The summed E-state index contributed by atoms with van der Waals surface area (Å²) in [5.74, 6) is 1.48. The highest BCUT2D eigenvalue weighted by atomic mass is 16.5. The summed E-state index contributed by atoms with van der Waals surface area (Å²) < 4.78 is 20.5. The molecule has 7 nitrogen and oxygen atoms in total. The summed E-state index contributed by atoms with van der Waals surface area (Å²) in [5.41, 5.74) is 3.08. The van der Waals surface area contributed by atoms with Gasteiger partial charge in [-0.1, -0.05) is 6.07 Å². The molecule has 196 valence electrons. The molecule has 0 radical (unpaired) electrons. The van der Waals surface area contributed by atoms with Gasteiger partial charge in [-0.3, -0.25) is 9.59 Å². The molecular weight excluding hydrogens is 458 g/mol. The molecule has 0 fully saturated rings. The number of carbonyl (C=O) groups is 2. The van der Waals surface area contributed by atoms with Crippen LogP contribution in [-0.4, -0.2) is 39.3 Å². The van der Waals surface area contributed by atoms with Crippen molar-refractivity contribution in [1.29, 1.82) is 0 Å². The van der Waals surface area contributed by atoms with Crippen molar-refractivity contribution in [1.82, 2.24) is 0 Å². The largest absolute Gasteiger partial charge is 0.493 e. The Bertz CT molecular complexity index is 1010. The zero-order valence-corrected chi connectivity index (χ0v) is 22.3. The number of rotatable bonds is 7. The lowest BCUT2D eigenvalue weighted by Crippen LogP contribution is -2.25. The van der Waals surface area contributed by atoms with Crippen LogP contribution >= 0.6 is 0 Å². The maximum atomic E-state index is 11.8. The average molecular weight is 498 g/mol. The van der Waals surface area contributed by atoms with E-state index in [1.807, 2.05) is 32.9 Å². The summed E-state index contributed by atoms with van der Waals surface area (Å²) in [4.78, 5) is 22.9. The van der Waals surface area contributed by atoms with Crippen LogP contribution in [-0.2, 0) is 27.2 Å². The van der Waals surface area contributed by atoms with Gasteiger partial charge in [-0.25, -0.2) is 0 Å². The molecule has 0 amide bonds. The normalized spacial score (nSPS) is 11.8. The number of aryl methyl sites for hydroxylation is 2. The van der Waals surface area contributed by atoms with Crippen molar-refractivity contribution in [2.75, 3.05) is 32.7 Å². The molecule has 0 saturated carbocycles. The second-order valence-corrected chi connectivity index (χ2v) is 9.01. The van der Waals surface area contributed by atoms with Gasteiger partial charge in [0.25, 0.3) is 0 Å². The van der Waals surface area contributed by atoms with Crippen molar-refractivity contribution >= 4 is 17.6 Å². The third-order valence-corrected chi connectivity index (χ3v) is 5.27. The number of hydrogen-bond donors (Lipinski definition) is 1. The fraction of sp³-hybridized carbons (Fsp3) is 0.448. The summed E-state index contributed by atoms with van der Waals surface area (Å²) in [6, 6.07) is 11.4. The van der Waals surface area contributed by atoms with Gasteiger partial charge in [0.05, 0.1) is 26.2 Å². The van der Waals surface area contributed by atoms with Crippen LogP contribution in [0.4, 0.5) is 5.69 Å². The van der Waals surface area contributed by atoms with E-state index < -0.39 is 5.41 Å². The van der Waals surface area contributed by atoms with Crippen LogP contribution in [0, 0.1) is 18.3 Å². The minimum absolute atomic E-state index is 0.128. The maximum absolute atomic E-state index is 11.8. The summed E-state index contributed by atoms with van der Waals surface area (Å²) in [7, 11) is 3.14. The van der Waals surface area contributed by atoms with Crippen LogP contribution in [0.3, 0.4) is 0 Å². The molecule has 7 heteroatoms. The van der Waals surface area contributed by atoms with Gasteiger partial charge in [0.1, 0.15) is 12.3 Å². The first-order valence-corrected chi connectivity index (χ1v) is 12.0. The minimum atomic E-state index is -0.449. The van der Waals surface area contributed by atoms with E-state index in [9.17, 15) is 9.59 Å². The van der Waals surface area contributed by atoms with Crippen molar-refractivity contribution in [3.63, 3.8) is 0 Å². The Balaban J connectivity index is 0.000000337. The predicted octanol–water partition coefficient (Wildman–Crippen LogP) is 5.45. The van der Waals surface area contributed by atoms with E-state index in [1.165, 1.54) is 24.0 Å². The zero-order chi connectivity index (χ0) is 27.1. The molecule has 0 atom stereocenters. The fourth-order valence-electron chi connectivity index (χ4n) is 3.37. The molecule has 1 N–H and O–H groups in total. The van der Waals surface area contributed by atoms with E-state index in [1.54, 1.807) is 39.3 Å². The Kier molecular flexibility index (Phi) is 13.0. The number of ether oxygens (including phenoxy) is 4. The standard InChI is InChI=1S/C15H20O2.C12H17NO4.C2H2/c1-15(2,3)14(16)17-13-9-8-11-6-4-5-7-12(11)10-13;1-4-17-12(14)8-13-9-5-6-10(15-2)11(7-9)16-3;1-2/h8-10H,4-7H2,1-3H3;5-7,13H,4,8H2,1-3H3;1-2H. The maximum Gasteiger partial charge on any atom is 0.325 e. The zero-order valence-electron chi connectivity index (χ0n) is 22.3. The van der Waals surface area contributed by atoms with Crippen LogP contribution in [0.2, 0.25) is 0 Å². The van der Waals surface area contributed by atoms with Crippen LogP contribution in [0.5, 0.6) is 17.2 Å². The molecule has 2 aromatic rings. The molecule has 1 aliphatic carbocycles.